The summed E-state index contributed by atoms with van der Waals surface area (Å²) in [4.78, 5) is 14.9. The predicted molar refractivity (Wildman–Crippen MR) is 114 cm³/mol. The van der Waals surface area contributed by atoms with Crippen LogP contribution in [0.25, 0.3) is 0 Å². The van der Waals surface area contributed by atoms with E-state index < -0.39 is 11.1 Å². The first-order chi connectivity index (χ1) is 14.5. The van der Waals surface area contributed by atoms with Gasteiger partial charge in [-0.2, -0.15) is 0 Å². The number of amides is 1. The Hall–Kier alpha value is -3.07. The molecule has 3 aromatic rings. The van der Waals surface area contributed by atoms with Crippen molar-refractivity contribution in [1.82, 2.24) is 19.8 Å². The van der Waals surface area contributed by atoms with Crippen molar-refractivity contribution in [3.05, 3.63) is 71.8 Å². The number of nitrogens with zero attached hydrogens (tertiary/aromatic N) is 4. The molecule has 1 aromatic heterocycles. The molecule has 0 aliphatic rings. The second kappa shape index (κ2) is 10.1. The number of carbonyl (C=O) groups is 1. The number of nitrogen functional groups attached to an aromatic ring is 1. The van der Waals surface area contributed by atoms with Crippen molar-refractivity contribution in [2.24, 2.45) is 0 Å². The van der Waals surface area contributed by atoms with Crippen molar-refractivity contribution in [2.45, 2.75) is 30.9 Å². The minimum absolute atomic E-state index is 0.0247. The van der Waals surface area contributed by atoms with Gasteiger partial charge < -0.3 is 15.5 Å². The number of aromatic nitrogens is 3. The molecule has 1 unspecified atom stereocenters. The molecule has 3 rings (SSSR count). The first kappa shape index (κ1) is 21.6. The first-order valence-electron chi connectivity index (χ1n) is 9.62. The highest BCUT2D eigenvalue weighted by Gasteiger charge is 2.28. The summed E-state index contributed by atoms with van der Waals surface area (Å²) in [5.41, 5.74) is 0.853. The van der Waals surface area contributed by atoms with Gasteiger partial charge in [-0.25, -0.2) is 9.07 Å². The zero-order valence-electron chi connectivity index (χ0n) is 16.9. The molecule has 2 N–H and O–H groups in total. The number of para-hydroxylation sites is 1. The average Bonchev–Trinajstić information content (AvgIpc) is 3.12. The van der Waals surface area contributed by atoms with Gasteiger partial charge in [0.2, 0.25) is 11.1 Å². The highest BCUT2D eigenvalue weighted by molar-refractivity contribution is 8.00. The van der Waals surface area contributed by atoms with Crippen LogP contribution in [-0.4, -0.2) is 38.8 Å². The Morgan fingerprint density at radius 1 is 1.13 bits per heavy atom. The van der Waals surface area contributed by atoms with E-state index in [-0.39, 0.29) is 18.3 Å². The monoisotopic (exact) mass is 429 g/mol. The Labute approximate surface area is 179 Å². The largest absolute Gasteiger partial charge is 0.482 e. The Kier molecular flexibility index (Phi) is 7.29. The van der Waals surface area contributed by atoms with Gasteiger partial charge in [-0.3, -0.25) is 4.79 Å². The summed E-state index contributed by atoms with van der Waals surface area (Å²) in [6.45, 7) is 5.05. The van der Waals surface area contributed by atoms with Crippen molar-refractivity contribution in [2.75, 3.05) is 18.9 Å². The number of hydrogen-bond acceptors (Lipinski definition) is 6. The maximum absolute atomic E-state index is 13.7. The van der Waals surface area contributed by atoms with Crippen LogP contribution >= 0.6 is 11.8 Å². The van der Waals surface area contributed by atoms with Crippen LogP contribution in [0.5, 0.6) is 5.75 Å². The van der Waals surface area contributed by atoms with Gasteiger partial charge in [0.15, 0.2) is 17.4 Å². The van der Waals surface area contributed by atoms with Crippen LogP contribution in [0, 0.1) is 5.82 Å². The maximum Gasteiger partial charge on any atom is 0.240 e. The molecule has 0 saturated heterocycles. The molecular formula is C21H24FN5O2S. The molecule has 158 valence electrons. The summed E-state index contributed by atoms with van der Waals surface area (Å²) in [6.07, 6.45) is 0. The third kappa shape index (κ3) is 4.91. The molecule has 0 saturated carbocycles. The first-order valence-corrected chi connectivity index (χ1v) is 10.5. The molecule has 1 heterocycles. The fraction of sp³-hybridized carbons (Fsp3) is 0.286. The van der Waals surface area contributed by atoms with Gasteiger partial charge in [0.05, 0.1) is 0 Å². The smallest absolute Gasteiger partial charge is 0.240 e. The van der Waals surface area contributed by atoms with Crippen molar-refractivity contribution < 1.29 is 13.9 Å². The Balaban J connectivity index is 1.80. The van der Waals surface area contributed by atoms with E-state index in [0.717, 1.165) is 5.56 Å². The van der Waals surface area contributed by atoms with E-state index in [1.165, 1.54) is 28.6 Å². The molecule has 0 aliphatic heterocycles. The van der Waals surface area contributed by atoms with E-state index in [1.54, 1.807) is 17.0 Å². The standard InChI is InChI=1S/C21H24FN5O2S/c1-3-26(4-2)20(28)19(15-10-6-5-7-11-15)30-21-25-24-18(27(21)23)14-29-17-13-9-8-12-16(17)22/h5-13,19H,3-4,14,23H2,1-2H3. The molecule has 9 heteroatoms. The van der Waals surface area contributed by atoms with Crippen LogP contribution in [-0.2, 0) is 11.4 Å². The van der Waals surface area contributed by atoms with E-state index >= 15 is 0 Å². The van der Waals surface area contributed by atoms with Gasteiger partial charge in [-0.1, -0.05) is 54.2 Å². The lowest BCUT2D eigenvalue weighted by Gasteiger charge is -2.24. The van der Waals surface area contributed by atoms with Crippen LogP contribution in [0.4, 0.5) is 4.39 Å². The summed E-state index contributed by atoms with van der Waals surface area (Å²) >= 11 is 1.22. The fourth-order valence-electron chi connectivity index (χ4n) is 2.89. The van der Waals surface area contributed by atoms with E-state index in [2.05, 4.69) is 10.2 Å². The zero-order valence-corrected chi connectivity index (χ0v) is 17.7. The second-order valence-corrected chi connectivity index (χ2v) is 7.48. The summed E-state index contributed by atoms with van der Waals surface area (Å²) in [5.74, 6) is 6.08. The van der Waals surface area contributed by atoms with Gasteiger partial charge in [-0.15, -0.1) is 10.2 Å². The molecule has 7 nitrogen and oxygen atoms in total. The quantitative estimate of drug-likeness (QED) is 0.414. The third-order valence-corrected chi connectivity index (χ3v) is 5.75. The maximum atomic E-state index is 13.7. The Bertz CT molecular complexity index is 979. The average molecular weight is 430 g/mol. The van der Waals surface area contributed by atoms with Crippen molar-refractivity contribution >= 4 is 17.7 Å². The number of benzene rings is 2. The Morgan fingerprint density at radius 3 is 2.47 bits per heavy atom. The lowest BCUT2D eigenvalue weighted by molar-refractivity contribution is -0.130. The fourth-order valence-corrected chi connectivity index (χ4v) is 3.95. The molecule has 30 heavy (non-hydrogen) atoms. The molecule has 0 bridgehead atoms. The number of nitrogens with two attached hydrogens (primary N) is 1. The highest BCUT2D eigenvalue weighted by atomic mass is 32.2. The number of halogens is 1. The molecule has 0 radical (unpaired) electrons. The summed E-state index contributed by atoms with van der Waals surface area (Å²) in [7, 11) is 0. The van der Waals surface area contributed by atoms with Gasteiger partial charge in [0, 0.05) is 13.1 Å². The molecule has 1 atom stereocenters. The van der Waals surface area contributed by atoms with Crippen molar-refractivity contribution in [3.8, 4) is 5.75 Å². The molecule has 0 aliphatic carbocycles. The topological polar surface area (TPSA) is 86.3 Å². The summed E-state index contributed by atoms with van der Waals surface area (Å²) in [6, 6.07) is 15.6. The van der Waals surface area contributed by atoms with Gasteiger partial charge in [0.1, 0.15) is 11.9 Å². The van der Waals surface area contributed by atoms with Gasteiger partial charge in [0.25, 0.3) is 0 Å². The number of ether oxygens (including phenoxy) is 1. The lowest BCUT2D eigenvalue weighted by Crippen LogP contribution is -2.34. The van der Waals surface area contributed by atoms with Gasteiger partial charge >= 0.3 is 0 Å². The minimum Gasteiger partial charge on any atom is -0.482 e. The summed E-state index contributed by atoms with van der Waals surface area (Å²) < 4.78 is 20.5. The van der Waals surface area contributed by atoms with Crippen molar-refractivity contribution in [3.63, 3.8) is 0 Å². The van der Waals surface area contributed by atoms with Crippen LogP contribution in [0.15, 0.2) is 59.8 Å². The Morgan fingerprint density at radius 2 is 1.80 bits per heavy atom. The number of likely N-dealkylation sites (N-methyl/N-ethyl adjacent to an activating group) is 1. The minimum atomic E-state index is -0.516. The van der Waals surface area contributed by atoms with Gasteiger partial charge in [-0.05, 0) is 31.5 Å². The molecule has 0 fully saturated rings. The zero-order chi connectivity index (χ0) is 21.5. The van der Waals surface area contributed by atoms with E-state index in [9.17, 15) is 9.18 Å². The van der Waals surface area contributed by atoms with E-state index in [0.29, 0.717) is 24.1 Å². The lowest BCUT2D eigenvalue weighted by atomic mass is 10.1. The van der Waals surface area contributed by atoms with Crippen LogP contribution in [0.2, 0.25) is 0 Å². The van der Waals surface area contributed by atoms with E-state index in [1.807, 2.05) is 44.2 Å². The predicted octanol–water partition coefficient (Wildman–Crippen LogP) is 3.41. The molecule has 0 spiro atoms. The van der Waals surface area contributed by atoms with E-state index in [4.69, 9.17) is 10.6 Å². The number of thioether (sulfide) groups is 1. The summed E-state index contributed by atoms with van der Waals surface area (Å²) in [5, 5.41) is 8.02. The second-order valence-electron chi connectivity index (χ2n) is 6.41. The van der Waals surface area contributed by atoms with Crippen molar-refractivity contribution in [1.29, 1.82) is 0 Å². The number of hydrogen-bond donors (Lipinski definition) is 1. The molecular weight excluding hydrogens is 405 g/mol. The van der Waals surface area contributed by atoms with Crippen LogP contribution in [0.1, 0.15) is 30.5 Å². The third-order valence-electron chi connectivity index (χ3n) is 4.55. The molecule has 1 amide bonds. The normalized spacial score (nSPS) is 11.8. The van der Waals surface area contributed by atoms with Crippen LogP contribution in [0.3, 0.4) is 0 Å². The van der Waals surface area contributed by atoms with Crippen LogP contribution < -0.4 is 10.6 Å². The highest BCUT2D eigenvalue weighted by Crippen LogP contribution is 2.35. The number of carbonyl (C=O) groups excluding carboxylic acids is 1. The number of rotatable bonds is 9. The SMILES string of the molecule is CCN(CC)C(=O)C(Sc1nnc(COc2ccccc2F)n1N)c1ccccc1. The molecule has 2 aromatic carbocycles.